The molecule has 0 spiro atoms. The van der Waals surface area contributed by atoms with Gasteiger partial charge in [-0.25, -0.2) is 0 Å². The van der Waals surface area contributed by atoms with Crippen molar-refractivity contribution < 1.29 is 0 Å². The van der Waals surface area contributed by atoms with Gasteiger partial charge in [-0.15, -0.1) is 5.10 Å². The Kier molecular flexibility index (Phi) is 1.01. The summed E-state index contributed by atoms with van der Waals surface area (Å²) >= 11 is 0. The van der Waals surface area contributed by atoms with E-state index in [1.54, 1.807) is 6.20 Å². The third kappa shape index (κ3) is 1.09. The molecule has 0 saturated heterocycles. The predicted octanol–water partition coefficient (Wildman–Crippen LogP) is 0.757. The average Bonchev–Trinajstić information content (AvgIpc) is 2.46. The van der Waals surface area contributed by atoms with Crippen LogP contribution in [0.2, 0.25) is 0 Å². The van der Waals surface area contributed by atoms with Gasteiger partial charge in [0, 0.05) is 0 Å². The Labute approximate surface area is 53.5 Å². The van der Waals surface area contributed by atoms with Crippen molar-refractivity contribution in [1.82, 2.24) is 15.4 Å². The molecule has 0 amide bonds. The third-order valence-electron chi connectivity index (χ3n) is 1.67. The van der Waals surface area contributed by atoms with Crippen LogP contribution in [0.4, 0.5) is 0 Å². The molecular weight excluding hydrogens is 114 g/mol. The highest BCUT2D eigenvalue weighted by Gasteiger charge is 2.21. The molecule has 0 aliphatic heterocycles. The number of aromatic amines is 1. The average molecular weight is 123 g/mol. The van der Waals surface area contributed by atoms with E-state index >= 15 is 0 Å². The van der Waals surface area contributed by atoms with Gasteiger partial charge in [-0.3, -0.25) is 5.10 Å². The molecule has 0 atom stereocenters. The van der Waals surface area contributed by atoms with Crippen molar-refractivity contribution in [3.63, 3.8) is 0 Å². The number of H-pyrrole nitrogens is 1. The summed E-state index contributed by atoms with van der Waals surface area (Å²) in [7, 11) is 0. The minimum absolute atomic E-state index is 0.923. The van der Waals surface area contributed by atoms with E-state index < -0.39 is 0 Å². The van der Waals surface area contributed by atoms with E-state index in [1.807, 2.05) is 0 Å². The third-order valence-corrected chi connectivity index (χ3v) is 1.67. The molecule has 1 fully saturated rings. The Morgan fingerprint density at radius 2 is 2.56 bits per heavy atom. The standard InChI is InChI=1S/C6H9N3/c1-2-5(1)3-6-4-7-9-8-6/h4-5H,1-3H2,(H,7,8,9). The molecule has 2 rings (SSSR count). The molecule has 1 saturated carbocycles. The topological polar surface area (TPSA) is 41.6 Å². The maximum Gasteiger partial charge on any atom is 0.0722 e. The Hall–Kier alpha value is -0.860. The Bertz CT molecular complexity index is 176. The number of nitrogens with zero attached hydrogens (tertiary/aromatic N) is 2. The first-order chi connectivity index (χ1) is 4.45. The van der Waals surface area contributed by atoms with E-state index in [1.165, 1.54) is 18.5 Å². The van der Waals surface area contributed by atoms with Crippen LogP contribution in [-0.4, -0.2) is 15.4 Å². The minimum Gasteiger partial charge on any atom is -0.262 e. The lowest BCUT2D eigenvalue weighted by molar-refractivity contribution is 0.792. The van der Waals surface area contributed by atoms with Crippen molar-refractivity contribution in [3.8, 4) is 0 Å². The van der Waals surface area contributed by atoms with E-state index in [0.29, 0.717) is 0 Å². The molecule has 1 aromatic heterocycles. The molecule has 9 heavy (non-hydrogen) atoms. The molecule has 48 valence electrons. The van der Waals surface area contributed by atoms with Gasteiger partial charge in [-0.05, 0) is 25.2 Å². The molecular formula is C6H9N3. The van der Waals surface area contributed by atoms with Crippen LogP contribution in [0, 0.1) is 5.92 Å². The number of nitrogens with one attached hydrogen (secondary N) is 1. The number of hydrogen-bond acceptors (Lipinski definition) is 2. The molecule has 3 nitrogen and oxygen atoms in total. The van der Waals surface area contributed by atoms with Gasteiger partial charge in [-0.2, -0.15) is 0 Å². The van der Waals surface area contributed by atoms with Crippen LogP contribution in [-0.2, 0) is 6.42 Å². The highest BCUT2D eigenvalue weighted by molar-refractivity contribution is 4.95. The first-order valence-electron chi connectivity index (χ1n) is 3.30. The summed E-state index contributed by atoms with van der Waals surface area (Å²) in [5.41, 5.74) is 1.18. The number of aromatic nitrogens is 3. The largest absolute Gasteiger partial charge is 0.262 e. The molecule has 0 aromatic carbocycles. The van der Waals surface area contributed by atoms with Crippen molar-refractivity contribution in [2.75, 3.05) is 0 Å². The zero-order valence-corrected chi connectivity index (χ0v) is 5.17. The zero-order chi connectivity index (χ0) is 6.10. The minimum atomic E-state index is 0.923. The van der Waals surface area contributed by atoms with Crippen LogP contribution >= 0.6 is 0 Å². The lowest BCUT2D eigenvalue weighted by atomic mass is 10.2. The normalized spacial score (nSPS) is 18.2. The molecule has 1 aliphatic rings. The van der Waals surface area contributed by atoms with E-state index in [0.717, 1.165) is 12.3 Å². The number of rotatable bonds is 2. The van der Waals surface area contributed by atoms with Gasteiger partial charge in [0.15, 0.2) is 0 Å². The second kappa shape index (κ2) is 1.83. The number of hydrogen-bond donors (Lipinski definition) is 1. The van der Waals surface area contributed by atoms with E-state index in [2.05, 4.69) is 15.4 Å². The van der Waals surface area contributed by atoms with Crippen LogP contribution in [0.15, 0.2) is 6.20 Å². The lowest BCUT2D eigenvalue weighted by Gasteiger charge is -1.87. The van der Waals surface area contributed by atoms with Crippen molar-refractivity contribution in [2.45, 2.75) is 19.3 Å². The fraction of sp³-hybridized carbons (Fsp3) is 0.667. The van der Waals surface area contributed by atoms with Gasteiger partial charge in [0.25, 0.3) is 0 Å². The first kappa shape index (κ1) is 4.97. The fourth-order valence-corrected chi connectivity index (χ4v) is 0.952. The lowest BCUT2D eigenvalue weighted by Crippen LogP contribution is -1.85. The molecule has 1 aromatic rings. The maximum atomic E-state index is 3.70. The van der Waals surface area contributed by atoms with Gasteiger partial charge in [0.2, 0.25) is 0 Å². The summed E-state index contributed by atoms with van der Waals surface area (Å²) in [6.45, 7) is 0. The quantitative estimate of drug-likeness (QED) is 0.630. The SMILES string of the molecule is c1nn[nH]c1CC1CC1. The monoisotopic (exact) mass is 123 g/mol. The summed E-state index contributed by atoms with van der Waals surface area (Å²) < 4.78 is 0. The smallest absolute Gasteiger partial charge is 0.0722 e. The van der Waals surface area contributed by atoms with Crippen molar-refractivity contribution in [2.24, 2.45) is 5.92 Å². The van der Waals surface area contributed by atoms with E-state index in [-0.39, 0.29) is 0 Å². The van der Waals surface area contributed by atoms with Crippen molar-refractivity contribution in [3.05, 3.63) is 11.9 Å². The Balaban J connectivity index is 1.99. The second-order valence-electron chi connectivity index (χ2n) is 2.63. The second-order valence-corrected chi connectivity index (χ2v) is 2.63. The molecule has 0 radical (unpaired) electrons. The van der Waals surface area contributed by atoms with Crippen LogP contribution in [0.5, 0.6) is 0 Å². The summed E-state index contributed by atoms with van der Waals surface area (Å²) in [4.78, 5) is 0. The predicted molar refractivity (Wildman–Crippen MR) is 32.8 cm³/mol. The highest BCUT2D eigenvalue weighted by atomic mass is 15.3. The van der Waals surface area contributed by atoms with E-state index in [4.69, 9.17) is 0 Å². The van der Waals surface area contributed by atoms with E-state index in [9.17, 15) is 0 Å². The zero-order valence-electron chi connectivity index (χ0n) is 5.17. The van der Waals surface area contributed by atoms with Crippen LogP contribution in [0.25, 0.3) is 0 Å². The summed E-state index contributed by atoms with van der Waals surface area (Å²) in [5, 5.41) is 10.2. The fourth-order valence-electron chi connectivity index (χ4n) is 0.952. The maximum absolute atomic E-state index is 3.70. The molecule has 1 N–H and O–H groups in total. The van der Waals surface area contributed by atoms with Crippen LogP contribution in [0.1, 0.15) is 18.5 Å². The molecule has 1 heterocycles. The molecule has 0 unspecified atom stereocenters. The highest BCUT2D eigenvalue weighted by Crippen LogP contribution is 2.31. The Morgan fingerprint density at radius 3 is 3.11 bits per heavy atom. The van der Waals surface area contributed by atoms with Gasteiger partial charge in [-0.1, -0.05) is 5.21 Å². The molecule has 1 aliphatic carbocycles. The molecule has 0 bridgehead atoms. The molecule has 3 heteroatoms. The Morgan fingerprint density at radius 1 is 1.67 bits per heavy atom. The summed E-state index contributed by atoms with van der Waals surface area (Å²) in [6, 6.07) is 0. The van der Waals surface area contributed by atoms with Gasteiger partial charge in [0.1, 0.15) is 0 Å². The van der Waals surface area contributed by atoms with Gasteiger partial charge < -0.3 is 0 Å². The van der Waals surface area contributed by atoms with Crippen molar-refractivity contribution >= 4 is 0 Å². The summed E-state index contributed by atoms with van der Waals surface area (Å²) in [5.74, 6) is 0.923. The van der Waals surface area contributed by atoms with Crippen LogP contribution < -0.4 is 0 Å². The van der Waals surface area contributed by atoms with Gasteiger partial charge >= 0.3 is 0 Å². The van der Waals surface area contributed by atoms with Crippen LogP contribution in [0.3, 0.4) is 0 Å². The van der Waals surface area contributed by atoms with Crippen molar-refractivity contribution in [1.29, 1.82) is 0 Å². The first-order valence-corrected chi connectivity index (χ1v) is 3.30. The summed E-state index contributed by atoms with van der Waals surface area (Å²) in [6.07, 6.45) is 5.73. The van der Waals surface area contributed by atoms with Gasteiger partial charge in [0.05, 0.1) is 11.9 Å².